The monoisotopic (exact) mass is 917 g/mol. The van der Waals surface area contributed by atoms with Gasteiger partial charge in [-0.15, -0.1) is 0 Å². The smallest absolute Gasteiger partial charge is 0.350 e. The Morgan fingerprint density at radius 2 is 1.59 bits per heavy atom. The van der Waals surface area contributed by atoms with E-state index in [9.17, 15) is 29.7 Å². The van der Waals surface area contributed by atoms with Crippen LogP contribution in [-0.4, -0.2) is 105 Å². The molecule has 66 heavy (non-hydrogen) atoms. The number of carbonyl (C=O) groups is 5. The Labute approximate surface area is 387 Å². The van der Waals surface area contributed by atoms with Crippen LogP contribution in [0.1, 0.15) is 129 Å². The van der Waals surface area contributed by atoms with E-state index in [-0.39, 0.29) is 42.0 Å². The number of aliphatic hydroxyl groups excluding tert-OH is 2. The van der Waals surface area contributed by atoms with Gasteiger partial charge in [0.15, 0.2) is 17.3 Å². The summed E-state index contributed by atoms with van der Waals surface area (Å²) in [5.74, 6) is -5.72. The van der Waals surface area contributed by atoms with Gasteiger partial charge in [0, 0.05) is 31.6 Å². The number of benzene rings is 2. The average Bonchev–Trinajstić information content (AvgIpc) is 3.24. The molecule has 15 heteroatoms. The molecule has 1 heterocycles. The molecular formula is C51H67NO14. The summed E-state index contributed by atoms with van der Waals surface area (Å²) in [6.45, 7) is 18.6. The zero-order valence-electron chi connectivity index (χ0n) is 39.6. The predicted octanol–water partition coefficient (Wildman–Crippen LogP) is 6.13. The number of rotatable bonds is 16. The van der Waals surface area contributed by atoms with Crippen LogP contribution in [0.4, 0.5) is 0 Å². The van der Waals surface area contributed by atoms with Crippen LogP contribution in [0.3, 0.4) is 0 Å². The third-order valence-corrected chi connectivity index (χ3v) is 14.1. The molecule has 1 aliphatic heterocycles. The molecule has 0 radical (unpaired) electrons. The number of hydrogen-bond donors (Lipinski definition) is 4. The first-order valence-electron chi connectivity index (χ1n) is 22.9. The molecular weight excluding hydrogens is 851 g/mol. The Hall–Kier alpha value is -5.09. The maximum Gasteiger partial charge on any atom is 0.350 e. The van der Waals surface area contributed by atoms with E-state index in [1.807, 2.05) is 27.7 Å². The fourth-order valence-electron chi connectivity index (χ4n) is 10.7. The Bertz CT molecular complexity index is 2180. The summed E-state index contributed by atoms with van der Waals surface area (Å²) in [5, 5.41) is 41.3. The van der Waals surface area contributed by atoms with Crippen molar-refractivity contribution in [1.82, 2.24) is 5.32 Å². The number of unbranched alkanes of at least 4 members (excludes halogenated alkanes) is 3. The Morgan fingerprint density at radius 1 is 0.955 bits per heavy atom. The fraction of sp³-hybridized carbons (Fsp3) is 0.588. The Balaban J connectivity index is 1.51. The van der Waals surface area contributed by atoms with Crippen molar-refractivity contribution in [3.63, 3.8) is 0 Å². The average molecular weight is 918 g/mol. The Kier molecular flexibility index (Phi) is 14.7. The van der Waals surface area contributed by atoms with Gasteiger partial charge in [0.25, 0.3) is 0 Å². The number of esters is 4. The third kappa shape index (κ3) is 9.41. The van der Waals surface area contributed by atoms with Gasteiger partial charge in [-0.1, -0.05) is 88.6 Å². The van der Waals surface area contributed by atoms with Gasteiger partial charge < -0.3 is 49.1 Å². The summed E-state index contributed by atoms with van der Waals surface area (Å²) in [5.41, 5.74) is -7.67. The van der Waals surface area contributed by atoms with Gasteiger partial charge in [-0.3, -0.25) is 14.4 Å². The van der Waals surface area contributed by atoms with Crippen molar-refractivity contribution >= 4 is 29.7 Å². The summed E-state index contributed by atoms with van der Waals surface area (Å²) in [7, 11) is 0. The van der Waals surface area contributed by atoms with Gasteiger partial charge in [-0.05, 0) is 76.5 Å². The lowest BCUT2D eigenvalue weighted by Gasteiger charge is -2.67. The highest BCUT2D eigenvalue weighted by atomic mass is 16.6. The van der Waals surface area contributed by atoms with Crippen LogP contribution < -0.4 is 5.32 Å². The SMILES string of the molecule is C=C(N[C@@H](c1ccccc1)[C@@H](OC(=O)CCCCCC)C(=O)O[C@H]1C[C@@]2(O)[C@@H](OC(=O)c3ccccc3)C3[C@](C)(C(=O)[C@H](O)C(=C1C)C2(C)C)[C@@H](O)C[C@H]1OC[C@@]31OC(C)=O)OC(C)(C)C. The van der Waals surface area contributed by atoms with Crippen LogP contribution in [0.5, 0.6) is 0 Å². The lowest BCUT2D eigenvalue weighted by atomic mass is 9.44. The molecule has 360 valence electrons. The van der Waals surface area contributed by atoms with Crippen LogP contribution in [0.25, 0.3) is 0 Å². The highest BCUT2D eigenvalue weighted by Gasteiger charge is 2.78. The van der Waals surface area contributed by atoms with E-state index in [2.05, 4.69) is 11.9 Å². The topological polar surface area (TPSA) is 213 Å². The van der Waals surface area contributed by atoms with Gasteiger partial charge in [0.2, 0.25) is 6.10 Å². The number of carbonyl (C=O) groups excluding carboxylic acids is 5. The molecule has 6 rings (SSSR count). The highest BCUT2D eigenvalue weighted by Crippen LogP contribution is 2.64. The van der Waals surface area contributed by atoms with Crippen molar-refractivity contribution in [2.24, 2.45) is 16.7 Å². The van der Waals surface area contributed by atoms with Gasteiger partial charge in [0.05, 0.1) is 29.6 Å². The highest BCUT2D eigenvalue weighted by molar-refractivity contribution is 5.94. The fourth-order valence-corrected chi connectivity index (χ4v) is 10.7. The second kappa shape index (κ2) is 19.3. The molecule has 3 fully saturated rings. The van der Waals surface area contributed by atoms with Crippen molar-refractivity contribution in [2.45, 2.75) is 167 Å². The predicted molar refractivity (Wildman–Crippen MR) is 240 cm³/mol. The van der Waals surface area contributed by atoms with E-state index >= 15 is 9.59 Å². The number of Topliss-reactive ketones (excluding diaryl/α,β-unsaturated/α-hetero) is 1. The molecule has 2 bridgehead atoms. The van der Waals surface area contributed by atoms with Crippen molar-refractivity contribution < 1.29 is 67.7 Å². The van der Waals surface area contributed by atoms with Crippen molar-refractivity contribution in [1.29, 1.82) is 0 Å². The first-order chi connectivity index (χ1) is 30.9. The lowest BCUT2D eigenvalue weighted by Crippen LogP contribution is -2.81. The molecule has 4 N–H and O–H groups in total. The van der Waals surface area contributed by atoms with Crippen molar-refractivity contribution in [3.8, 4) is 0 Å². The van der Waals surface area contributed by atoms with E-state index in [0.717, 1.165) is 19.3 Å². The van der Waals surface area contributed by atoms with Crippen molar-refractivity contribution in [3.05, 3.63) is 95.4 Å². The zero-order chi connectivity index (χ0) is 48.6. The van der Waals surface area contributed by atoms with Gasteiger partial charge >= 0.3 is 23.9 Å². The van der Waals surface area contributed by atoms with Gasteiger partial charge in [-0.25, -0.2) is 9.59 Å². The first-order valence-corrected chi connectivity index (χ1v) is 22.9. The molecule has 1 saturated heterocycles. The summed E-state index contributed by atoms with van der Waals surface area (Å²) >= 11 is 0. The summed E-state index contributed by atoms with van der Waals surface area (Å²) in [6, 6.07) is 15.6. The second-order valence-electron chi connectivity index (χ2n) is 20.0. The number of ether oxygens (including phenoxy) is 6. The number of ketones is 1. The summed E-state index contributed by atoms with van der Waals surface area (Å²) in [4.78, 5) is 71.2. The molecule has 1 unspecified atom stereocenters. The molecule has 3 aliphatic carbocycles. The zero-order valence-corrected chi connectivity index (χ0v) is 39.6. The molecule has 0 amide bonds. The maximum atomic E-state index is 15.2. The molecule has 0 aromatic heterocycles. The minimum Gasteiger partial charge on any atom is -0.474 e. The van der Waals surface area contributed by atoms with Gasteiger partial charge in [-0.2, -0.15) is 0 Å². The molecule has 2 aromatic rings. The number of nitrogens with one attached hydrogen (secondary N) is 1. The van der Waals surface area contributed by atoms with E-state index in [1.54, 1.807) is 69.3 Å². The molecule has 4 aliphatic rings. The number of hydrogen-bond acceptors (Lipinski definition) is 15. The molecule has 2 aromatic carbocycles. The summed E-state index contributed by atoms with van der Waals surface area (Å²) < 4.78 is 36.8. The van der Waals surface area contributed by atoms with Crippen molar-refractivity contribution in [2.75, 3.05) is 6.61 Å². The molecule has 2 saturated carbocycles. The van der Waals surface area contributed by atoms with E-state index < -0.39 is 112 Å². The van der Waals surface area contributed by atoms with Crippen LogP contribution in [-0.2, 0) is 47.6 Å². The minimum atomic E-state index is -2.35. The van der Waals surface area contributed by atoms with E-state index in [1.165, 1.54) is 26.0 Å². The van der Waals surface area contributed by atoms with Crippen LogP contribution in [0, 0.1) is 16.7 Å². The van der Waals surface area contributed by atoms with Crippen LogP contribution in [0.2, 0.25) is 0 Å². The molecule has 15 nitrogen and oxygen atoms in total. The van der Waals surface area contributed by atoms with E-state index in [0.29, 0.717) is 12.0 Å². The first kappa shape index (κ1) is 50.3. The maximum absolute atomic E-state index is 15.2. The normalized spacial score (nSPS) is 30.9. The largest absolute Gasteiger partial charge is 0.474 e. The third-order valence-electron chi connectivity index (χ3n) is 14.1. The quantitative estimate of drug-likeness (QED) is 0.0490. The van der Waals surface area contributed by atoms with Gasteiger partial charge in [0.1, 0.15) is 41.7 Å². The number of aliphatic hydroxyl groups is 3. The minimum absolute atomic E-state index is 0.00867. The Morgan fingerprint density at radius 3 is 2.17 bits per heavy atom. The molecule has 0 spiro atoms. The summed E-state index contributed by atoms with van der Waals surface area (Å²) in [6.07, 6.45) is -7.02. The standard InChI is InChI=1S/C51H67NO14/c1-11-12-13-20-25-37(55)63-41(39(32-21-16-14-17-22-32)52-30(3)65-47(5,6)7)46(59)62-34-27-51(60)44(64-45(58)33-23-18-15-19-24-33)42-49(10,43(57)40(56)38(29(34)2)48(51,8)9)35(54)26-36-50(42,28-61-36)66-31(4)53/h14-19,21-24,34-36,39-42,44,52,54,56,60H,3,11-13,20,25-28H2,1-2,4-10H3/t34-,35-,36+,39-,40+,41+,42?,44-,49+,50-,51+/m0/s1. The molecule has 11 atom stereocenters. The second-order valence-corrected chi connectivity index (χ2v) is 20.0. The van der Waals surface area contributed by atoms with Crippen LogP contribution in [0.15, 0.2) is 84.3 Å². The van der Waals surface area contributed by atoms with E-state index in [4.69, 9.17) is 28.4 Å². The number of fused-ring (bicyclic) bond motifs is 5. The lowest BCUT2D eigenvalue weighted by molar-refractivity contribution is -0.346. The van der Waals surface area contributed by atoms with Crippen LogP contribution >= 0.6 is 0 Å².